The predicted molar refractivity (Wildman–Crippen MR) is 57.9 cm³/mol. The fraction of sp³-hybridized carbons (Fsp3) is 0.667. The average molecular weight is 222 g/mol. The third-order valence-corrected chi connectivity index (χ3v) is 6.66. The minimum absolute atomic E-state index is 0.427. The van der Waals surface area contributed by atoms with E-state index in [2.05, 4.69) is 24.3 Å². The van der Waals surface area contributed by atoms with Crippen LogP contribution in [-0.4, -0.2) is 19.9 Å². The Morgan fingerprint density at radius 1 is 0.733 bits per heavy atom. The molecule has 0 N–H and O–H groups in total. The van der Waals surface area contributed by atoms with Gasteiger partial charge in [-0.25, -0.2) is 8.42 Å². The second-order valence-electron chi connectivity index (χ2n) is 5.48. The highest BCUT2D eigenvalue weighted by Crippen LogP contribution is 2.58. The van der Waals surface area contributed by atoms with E-state index in [-0.39, 0.29) is 0 Å². The molecule has 0 radical (unpaired) electrons. The van der Waals surface area contributed by atoms with Crippen molar-refractivity contribution in [3.63, 3.8) is 0 Å². The molecule has 6 atom stereocenters. The molecule has 2 bridgehead atoms. The third kappa shape index (κ3) is 0.930. The Bertz CT molecular complexity index is 438. The second-order valence-corrected chi connectivity index (χ2v) is 7.64. The van der Waals surface area contributed by atoms with Gasteiger partial charge in [0.1, 0.15) is 0 Å². The van der Waals surface area contributed by atoms with E-state index >= 15 is 0 Å². The average Bonchev–Trinajstić information content (AvgIpc) is 2.42. The normalized spacial score (nSPS) is 57.3. The molecule has 0 aromatic rings. The minimum atomic E-state index is -2.74. The molecule has 2 fully saturated rings. The Kier molecular flexibility index (Phi) is 1.37. The topological polar surface area (TPSA) is 34.1 Å². The molecule has 1 saturated carbocycles. The molecule has 5 aliphatic rings. The summed E-state index contributed by atoms with van der Waals surface area (Å²) in [6.07, 6.45) is 9.15. The minimum Gasteiger partial charge on any atom is -0.229 e. The molecular formula is C12H14O2S. The van der Waals surface area contributed by atoms with Crippen molar-refractivity contribution >= 4 is 9.84 Å². The first-order chi connectivity index (χ1) is 7.16. The van der Waals surface area contributed by atoms with Crippen LogP contribution in [0.1, 0.15) is 0 Å². The summed E-state index contributed by atoms with van der Waals surface area (Å²) in [5, 5.41) is 0. The Labute approximate surface area is 90.0 Å². The molecule has 0 unspecified atom stereocenters. The van der Waals surface area contributed by atoms with E-state index in [1.54, 1.807) is 0 Å². The van der Waals surface area contributed by atoms with Gasteiger partial charge in [0.05, 0.1) is 11.5 Å². The molecule has 0 aromatic heterocycles. The molecule has 2 nitrogen and oxygen atoms in total. The Morgan fingerprint density at radius 2 is 1.13 bits per heavy atom. The lowest BCUT2D eigenvalue weighted by atomic mass is 9.50. The highest BCUT2D eigenvalue weighted by Gasteiger charge is 2.56. The monoisotopic (exact) mass is 222 g/mol. The van der Waals surface area contributed by atoms with Gasteiger partial charge in [-0.3, -0.25) is 0 Å². The molecule has 1 aliphatic heterocycles. The van der Waals surface area contributed by atoms with Gasteiger partial charge in [-0.1, -0.05) is 24.3 Å². The maximum atomic E-state index is 11.7. The lowest BCUT2D eigenvalue weighted by Crippen LogP contribution is -2.49. The molecule has 3 heteroatoms. The molecule has 1 saturated heterocycles. The van der Waals surface area contributed by atoms with Gasteiger partial charge in [0.25, 0.3) is 0 Å². The first kappa shape index (κ1) is 8.57. The summed E-state index contributed by atoms with van der Waals surface area (Å²) >= 11 is 0. The van der Waals surface area contributed by atoms with Gasteiger partial charge < -0.3 is 0 Å². The van der Waals surface area contributed by atoms with Crippen molar-refractivity contribution in [3.05, 3.63) is 24.3 Å². The molecular weight excluding hydrogens is 208 g/mol. The molecule has 5 rings (SSSR count). The van der Waals surface area contributed by atoms with E-state index in [1.165, 1.54) is 0 Å². The SMILES string of the molecule is O=S1(=O)C[C@@H]2[C@@H]3C=C[C@H]([C@H]4C=C[C@@H]43)[C@H]2C1. The molecule has 4 aliphatic carbocycles. The fourth-order valence-corrected chi connectivity index (χ4v) is 6.45. The molecule has 15 heavy (non-hydrogen) atoms. The van der Waals surface area contributed by atoms with Gasteiger partial charge in [0.2, 0.25) is 0 Å². The van der Waals surface area contributed by atoms with Crippen LogP contribution in [-0.2, 0) is 9.84 Å². The summed E-state index contributed by atoms with van der Waals surface area (Å²) in [7, 11) is -2.74. The highest BCUT2D eigenvalue weighted by molar-refractivity contribution is 7.91. The van der Waals surface area contributed by atoms with Crippen LogP contribution in [0.25, 0.3) is 0 Å². The largest absolute Gasteiger partial charge is 0.229 e. The van der Waals surface area contributed by atoms with Crippen LogP contribution in [0.3, 0.4) is 0 Å². The molecule has 1 heterocycles. The number of hydrogen-bond donors (Lipinski definition) is 0. The smallest absolute Gasteiger partial charge is 0.150 e. The maximum absolute atomic E-state index is 11.7. The summed E-state index contributed by atoms with van der Waals surface area (Å²) in [5.41, 5.74) is 0. The van der Waals surface area contributed by atoms with Crippen LogP contribution in [0.5, 0.6) is 0 Å². The third-order valence-electron chi connectivity index (χ3n) is 4.88. The number of rotatable bonds is 0. The first-order valence-electron chi connectivity index (χ1n) is 5.73. The van der Waals surface area contributed by atoms with Crippen molar-refractivity contribution in [1.29, 1.82) is 0 Å². The van der Waals surface area contributed by atoms with Crippen LogP contribution in [0.4, 0.5) is 0 Å². The van der Waals surface area contributed by atoms with Gasteiger partial charge in [0, 0.05) is 0 Å². The van der Waals surface area contributed by atoms with E-state index in [4.69, 9.17) is 0 Å². The zero-order chi connectivity index (χ0) is 10.2. The van der Waals surface area contributed by atoms with E-state index in [0.29, 0.717) is 47.0 Å². The van der Waals surface area contributed by atoms with Crippen molar-refractivity contribution in [3.8, 4) is 0 Å². The van der Waals surface area contributed by atoms with Crippen molar-refractivity contribution in [2.45, 2.75) is 0 Å². The van der Waals surface area contributed by atoms with E-state index in [9.17, 15) is 8.42 Å². The fourth-order valence-electron chi connectivity index (χ4n) is 4.20. The first-order valence-corrected chi connectivity index (χ1v) is 7.55. The Morgan fingerprint density at radius 3 is 1.53 bits per heavy atom. The van der Waals surface area contributed by atoms with E-state index < -0.39 is 9.84 Å². The van der Waals surface area contributed by atoms with Crippen LogP contribution in [0.2, 0.25) is 0 Å². The molecule has 0 spiro atoms. The highest BCUT2D eigenvalue weighted by atomic mass is 32.2. The van der Waals surface area contributed by atoms with Crippen molar-refractivity contribution in [2.24, 2.45) is 35.5 Å². The van der Waals surface area contributed by atoms with Gasteiger partial charge in [-0.2, -0.15) is 0 Å². The summed E-state index contributed by atoms with van der Waals surface area (Å²) < 4.78 is 23.4. The molecule has 80 valence electrons. The zero-order valence-electron chi connectivity index (χ0n) is 8.41. The maximum Gasteiger partial charge on any atom is 0.150 e. The summed E-state index contributed by atoms with van der Waals surface area (Å²) in [6, 6.07) is 0. The van der Waals surface area contributed by atoms with Crippen molar-refractivity contribution in [2.75, 3.05) is 11.5 Å². The standard InChI is InChI=1S/C12H14O2S/c13-15(14)5-11-9-3-4-10(12(11)6-15)8-2-1-7(8)9/h1-4,7-12H,5-6H2/t7-,8-,9+,10+,11+,12+/m0/s1. The van der Waals surface area contributed by atoms with E-state index in [0.717, 1.165) is 0 Å². The quantitative estimate of drug-likeness (QED) is 0.578. The lowest BCUT2D eigenvalue weighted by molar-refractivity contribution is 0.0672. The van der Waals surface area contributed by atoms with Gasteiger partial charge in [-0.05, 0) is 35.5 Å². The van der Waals surface area contributed by atoms with Gasteiger partial charge in [-0.15, -0.1) is 0 Å². The number of sulfone groups is 1. The van der Waals surface area contributed by atoms with Crippen molar-refractivity contribution in [1.82, 2.24) is 0 Å². The Hall–Kier alpha value is -0.570. The van der Waals surface area contributed by atoms with Gasteiger partial charge >= 0.3 is 0 Å². The molecule has 0 amide bonds. The summed E-state index contributed by atoms with van der Waals surface area (Å²) in [4.78, 5) is 0. The summed E-state index contributed by atoms with van der Waals surface area (Å²) in [6.45, 7) is 0. The van der Waals surface area contributed by atoms with Crippen LogP contribution < -0.4 is 0 Å². The van der Waals surface area contributed by atoms with Crippen molar-refractivity contribution < 1.29 is 8.42 Å². The second kappa shape index (κ2) is 2.40. The number of allylic oxidation sites excluding steroid dienone is 4. The van der Waals surface area contributed by atoms with Crippen LogP contribution >= 0.6 is 0 Å². The van der Waals surface area contributed by atoms with Crippen LogP contribution in [0.15, 0.2) is 24.3 Å². The lowest BCUT2D eigenvalue weighted by Gasteiger charge is -2.53. The zero-order valence-corrected chi connectivity index (χ0v) is 9.23. The molecule has 0 aromatic carbocycles. The van der Waals surface area contributed by atoms with Gasteiger partial charge in [0.15, 0.2) is 9.84 Å². The Balaban J connectivity index is 1.82. The summed E-state index contributed by atoms with van der Waals surface area (Å²) in [5.74, 6) is 4.11. The van der Waals surface area contributed by atoms with E-state index in [1.807, 2.05) is 0 Å². The number of hydrogen-bond acceptors (Lipinski definition) is 2. The van der Waals surface area contributed by atoms with Crippen LogP contribution in [0, 0.1) is 35.5 Å². The predicted octanol–water partition coefficient (Wildman–Crippen LogP) is 1.27.